The quantitative estimate of drug-likeness (QED) is 0.598. The summed E-state index contributed by atoms with van der Waals surface area (Å²) in [6.45, 7) is 17.7. The minimum atomic E-state index is -2.26. The lowest BCUT2D eigenvalue weighted by Gasteiger charge is -2.40. The van der Waals surface area contributed by atoms with Gasteiger partial charge >= 0.3 is 25.7 Å². The summed E-state index contributed by atoms with van der Waals surface area (Å²) >= 11 is 0. The Balaban J connectivity index is 4.71. The maximum Gasteiger partial charge on any atom is 0.322 e. The summed E-state index contributed by atoms with van der Waals surface area (Å²) in [5.41, 5.74) is 5.61. The fourth-order valence-corrected chi connectivity index (χ4v) is 20.2. The average Bonchev–Trinajstić information content (AvgIpc) is 2.21. The zero-order chi connectivity index (χ0) is 16.9. The van der Waals surface area contributed by atoms with E-state index >= 15 is 0 Å². The number of nitrogens with two attached hydrogens (primary N) is 1. The normalized spacial score (nSPS) is 14.6. The molecule has 0 fully saturated rings. The van der Waals surface area contributed by atoms with Gasteiger partial charge in [0.05, 0.1) is 0 Å². The van der Waals surface area contributed by atoms with Gasteiger partial charge in [-0.3, -0.25) is 0 Å². The molecule has 0 rings (SSSR count). The number of rotatable bonds is 10. The first-order valence-corrected chi connectivity index (χ1v) is 19.2. The molecule has 0 bridgehead atoms. The number of hydrogen-bond acceptors (Lipinski definition) is 5. The lowest BCUT2D eigenvalue weighted by atomic mass is 10.5. The van der Waals surface area contributed by atoms with E-state index in [1.807, 2.05) is 13.1 Å². The van der Waals surface area contributed by atoms with Crippen LogP contribution in [0.3, 0.4) is 0 Å². The predicted octanol–water partition coefficient (Wildman–Crippen LogP) is 3.34. The molecule has 2 N–H and O–H groups in total. The van der Waals surface area contributed by atoms with Crippen LogP contribution >= 0.6 is 0 Å². The Bertz CT molecular complexity index is 324. The largest absolute Gasteiger partial charge is 0.436 e. The summed E-state index contributed by atoms with van der Waals surface area (Å²) in [5.74, 6) is 0. The van der Waals surface area contributed by atoms with Crippen molar-refractivity contribution in [2.24, 2.45) is 5.73 Å². The standard InChI is InChI=1S/C12H35NO4Si4/c1-14-19(4,5)16-21(8,9)17-20(6,7)15-18(2,3)12-10-11-13/h10-13H2,1-9H3. The summed E-state index contributed by atoms with van der Waals surface area (Å²) in [4.78, 5) is 0. The molecule has 0 amide bonds. The zero-order valence-electron chi connectivity index (χ0n) is 15.3. The molecule has 0 aromatic rings. The smallest absolute Gasteiger partial charge is 0.322 e. The SMILES string of the molecule is CO[Si](C)(C)O[Si](C)(C)O[Si](C)(C)O[Si](C)(C)CCCN. The van der Waals surface area contributed by atoms with Crippen LogP contribution in [0.4, 0.5) is 0 Å². The van der Waals surface area contributed by atoms with Gasteiger partial charge in [-0.05, 0) is 71.4 Å². The second-order valence-corrected chi connectivity index (χ2v) is 22.6. The molecule has 0 aliphatic heterocycles. The van der Waals surface area contributed by atoms with Gasteiger partial charge in [0.1, 0.15) is 0 Å². The topological polar surface area (TPSA) is 62.9 Å². The van der Waals surface area contributed by atoms with Crippen molar-refractivity contribution in [1.82, 2.24) is 0 Å². The maximum atomic E-state index is 6.44. The van der Waals surface area contributed by atoms with E-state index in [1.165, 1.54) is 0 Å². The molecular formula is C12H35NO4Si4. The molecule has 0 aliphatic rings. The van der Waals surface area contributed by atoms with Crippen LogP contribution in [0.25, 0.3) is 0 Å². The second-order valence-electron chi connectivity index (χ2n) is 7.36. The van der Waals surface area contributed by atoms with Crippen molar-refractivity contribution >= 4 is 34.0 Å². The summed E-state index contributed by atoms with van der Waals surface area (Å²) in [5, 5.41) is 0. The fourth-order valence-electron chi connectivity index (χ4n) is 2.51. The van der Waals surface area contributed by atoms with Gasteiger partial charge in [0.15, 0.2) is 8.32 Å². The van der Waals surface area contributed by atoms with Crippen molar-refractivity contribution < 1.29 is 16.8 Å². The van der Waals surface area contributed by atoms with E-state index in [0.29, 0.717) is 0 Å². The molecule has 0 aliphatic carbocycles. The average molecular weight is 370 g/mol. The molecule has 0 saturated carbocycles. The van der Waals surface area contributed by atoms with Crippen LogP contribution in [0.15, 0.2) is 0 Å². The van der Waals surface area contributed by atoms with Crippen LogP contribution in [-0.4, -0.2) is 47.7 Å². The van der Waals surface area contributed by atoms with Crippen molar-refractivity contribution in [3.05, 3.63) is 0 Å². The Morgan fingerprint density at radius 3 is 1.57 bits per heavy atom. The fraction of sp³-hybridized carbons (Fsp3) is 1.00. The van der Waals surface area contributed by atoms with Crippen molar-refractivity contribution in [2.45, 2.75) is 64.8 Å². The van der Waals surface area contributed by atoms with Crippen molar-refractivity contribution in [3.63, 3.8) is 0 Å². The molecular weight excluding hydrogens is 334 g/mol. The lowest BCUT2D eigenvalue weighted by molar-refractivity contribution is 0.265. The van der Waals surface area contributed by atoms with Crippen molar-refractivity contribution in [3.8, 4) is 0 Å². The van der Waals surface area contributed by atoms with E-state index in [0.717, 1.165) is 19.0 Å². The van der Waals surface area contributed by atoms with Crippen LogP contribution in [-0.2, 0) is 16.8 Å². The molecule has 0 radical (unpaired) electrons. The molecule has 0 atom stereocenters. The third kappa shape index (κ3) is 10.1. The maximum absolute atomic E-state index is 6.44. The Labute approximate surface area is 135 Å². The minimum absolute atomic E-state index is 0.722. The zero-order valence-corrected chi connectivity index (χ0v) is 19.3. The monoisotopic (exact) mass is 369 g/mol. The first kappa shape index (κ1) is 21.7. The Morgan fingerprint density at radius 2 is 1.14 bits per heavy atom. The molecule has 0 aromatic carbocycles. The number of hydrogen-bond donors (Lipinski definition) is 1. The van der Waals surface area contributed by atoms with Gasteiger partial charge in [-0.15, -0.1) is 0 Å². The Kier molecular flexibility index (Phi) is 8.23. The highest BCUT2D eigenvalue weighted by Gasteiger charge is 2.43. The molecule has 0 unspecified atom stereocenters. The van der Waals surface area contributed by atoms with Gasteiger partial charge in [0, 0.05) is 7.11 Å². The van der Waals surface area contributed by atoms with E-state index < -0.39 is 34.0 Å². The second kappa shape index (κ2) is 7.97. The third-order valence-electron chi connectivity index (χ3n) is 2.98. The van der Waals surface area contributed by atoms with Gasteiger partial charge in [-0.1, -0.05) is 0 Å². The van der Waals surface area contributed by atoms with E-state index in [9.17, 15) is 0 Å². The highest BCUT2D eigenvalue weighted by atomic mass is 28.5. The molecule has 21 heavy (non-hydrogen) atoms. The van der Waals surface area contributed by atoms with Gasteiger partial charge in [-0.2, -0.15) is 0 Å². The van der Waals surface area contributed by atoms with Crippen molar-refractivity contribution in [1.29, 1.82) is 0 Å². The van der Waals surface area contributed by atoms with Gasteiger partial charge in [0.2, 0.25) is 0 Å². The molecule has 0 saturated heterocycles. The summed E-state index contributed by atoms with van der Waals surface area (Å²) in [6, 6.07) is 1.07. The van der Waals surface area contributed by atoms with Gasteiger partial charge in [-0.25, -0.2) is 0 Å². The summed E-state index contributed by atoms with van der Waals surface area (Å²) in [7, 11) is -6.58. The van der Waals surface area contributed by atoms with Crippen LogP contribution in [0.2, 0.25) is 58.4 Å². The molecule has 9 heteroatoms. The van der Waals surface area contributed by atoms with Gasteiger partial charge in [0.25, 0.3) is 0 Å². The highest BCUT2D eigenvalue weighted by molar-refractivity contribution is 6.88. The minimum Gasteiger partial charge on any atom is -0.436 e. The summed E-state index contributed by atoms with van der Waals surface area (Å²) in [6.07, 6.45) is 1.02. The summed E-state index contributed by atoms with van der Waals surface area (Å²) < 4.78 is 24.5. The molecule has 0 heterocycles. The van der Waals surface area contributed by atoms with Crippen LogP contribution in [0, 0.1) is 0 Å². The Hall–Kier alpha value is 0.668. The molecule has 128 valence electrons. The van der Waals surface area contributed by atoms with E-state index in [1.54, 1.807) is 7.11 Å². The first-order chi connectivity index (χ1) is 9.24. The molecule has 0 aromatic heterocycles. The van der Waals surface area contributed by atoms with Crippen LogP contribution in [0.5, 0.6) is 0 Å². The first-order valence-electron chi connectivity index (χ1n) is 7.60. The lowest BCUT2D eigenvalue weighted by Crippen LogP contribution is -2.56. The van der Waals surface area contributed by atoms with Crippen molar-refractivity contribution in [2.75, 3.05) is 13.7 Å². The van der Waals surface area contributed by atoms with E-state index in [2.05, 4.69) is 39.3 Å². The Morgan fingerprint density at radius 1 is 0.714 bits per heavy atom. The van der Waals surface area contributed by atoms with Crippen LogP contribution in [0.1, 0.15) is 6.42 Å². The van der Waals surface area contributed by atoms with Crippen LogP contribution < -0.4 is 5.73 Å². The third-order valence-corrected chi connectivity index (χ3v) is 17.6. The highest BCUT2D eigenvalue weighted by Crippen LogP contribution is 2.25. The molecule has 5 nitrogen and oxygen atoms in total. The predicted molar refractivity (Wildman–Crippen MR) is 98.7 cm³/mol. The van der Waals surface area contributed by atoms with E-state index in [-0.39, 0.29) is 0 Å². The van der Waals surface area contributed by atoms with E-state index in [4.69, 9.17) is 22.5 Å². The molecule has 0 spiro atoms. The van der Waals surface area contributed by atoms with Gasteiger partial charge < -0.3 is 22.5 Å².